The second-order valence-corrected chi connectivity index (χ2v) is 3.91. The van der Waals surface area contributed by atoms with Gasteiger partial charge in [0.2, 0.25) is 0 Å². The largest absolute Gasteiger partial charge is 0.380 e. The molecule has 0 unspecified atom stereocenters. The van der Waals surface area contributed by atoms with E-state index in [4.69, 9.17) is 10.00 Å². The van der Waals surface area contributed by atoms with Crippen LogP contribution in [0.1, 0.15) is 31.0 Å². The Hall–Kier alpha value is -1.37. The molecule has 0 aromatic heterocycles. The molecule has 1 N–H and O–H groups in total. The van der Waals surface area contributed by atoms with E-state index in [9.17, 15) is 0 Å². The van der Waals surface area contributed by atoms with Gasteiger partial charge in [0.25, 0.3) is 0 Å². The van der Waals surface area contributed by atoms with Crippen molar-refractivity contribution in [2.45, 2.75) is 26.0 Å². The standard InChI is InChI=1S/C13H18N2O/c1-10(16-3)9-15-11(2)13-6-4-12(8-14)5-7-13/h4-7,10-11,15H,9H2,1-3H3/t10-,11-/m1/s1. The molecule has 86 valence electrons. The Morgan fingerprint density at radius 2 is 1.94 bits per heavy atom. The third-order valence-electron chi connectivity index (χ3n) is 2.65. The summed E-state index contributed by atoms with van der Waals surface area (Å²) < 4.78 is 5.17. The molecule has 1 aromatic carbocycles. The maximum Gasteiger partial charge on any atom is 0.0991 e. The average Bonchev–Trinajstić information content (AvgIpc) is 2.35. The fourth-order valence-corrected chi connectivity index (χ4v) is 1.39. The summed E-state index contributed by atoms with van der Waals surface area (Å²) in [6.45, 7) is 4.94. The fourth-order valence-electron chi connectivity index (χ4n) is 1.39. The smallest absolute Gasteiger partial charge is 0.0991 e. The predicted octanol–water partition coefficient (Wildman–Crippen LogP) is 2.24. The van der Waals surface area contributed by atoms with Gasteiger partial charge in [0.05, 0.1) is 17.7 Å². The van der Waals surface area contributed by atoms with Crippen molar-refractivity contribution in [1.82, 2.24) is 5.32 Å². The van der Waals surface area contributed by atoms with Crippen molar-refractivity contribution < 1.29 is 4.74 Å². The second-order valence-electron chi connectivity index (χ2n) is 3.91. The highest BCUT2D eigenvalue weighted by Crippen LogP contribution is 2.12. The predicted molar refractivity (Wildman–Crippen MR) is 64.0 cm³/mol. The highest BCUT2D eigenvalue weighted by Gasteiger charge is 2.06. The van der Waals surface area contributed by atoms with Crippen molar-refractivity contribution in [3.8, 4) is 6.07 Å². The normalized spacial score (nSPS) is 14.1. The molecule has 0 fully saturated rings. The first-order valence-electron chi connectivity index (χ1n) is 5.43. The quantitative estimate of drug-likeness (QED) is 0.824. The van der Waals surface area contributed by atoms with Crippen LogP contribution in [0.4, 0.5) is 0 Å². The molecule has 0 saturated carbocycles. The van der Waals surface area contributed by atoms with Crippen LogP contribution in [0.5, 0.6) is 0 Å². The van der Waals surface area contributed by atoms with Gasteiger partial charge in [0.15, 0.2) is 0 Å². The van der Waals surface area contributed by atoms with Gasteiger partial charge in [-0.3, -0.25) is 0 Å². The molecule has 0 spiro atoms. The van der Waals surface area contributed by atoms with Gasteiger partial charge >= 0.3 is 0 Å². The van der Waals surface area contributed by atoms with Crippen LogP contribution in [0.15, 0.2) is 24.3 Å². The van der Waals surface area contributed by atoms with E-state index in [0.29, 0.717) is 5.56 Å². The third-order valence-corrected chi connectivity index (χ3v) is 2.65. The molecule has 3 heteroatoms. The van der Waals surface area contributed by atoms with E-state index in [1.807, 2.05) is 31.2 Å². The van der Waals surface area contributed by atoms with Gasteiger partial charge in [-0.2, -0.15) is 5.26 Å². The Balaban J connectivity index is 2.53. The number of hydrogen-bond donors (Lipinski definition) is 1. The summed E-state index contributed by atoms with van der Waals surface area (Å²) in [6.07, 6.45) is 0.209. The number of hydrogen-bond acceptors (Lipinski definition) is 3. The number of nitriles is 1. The van der Waals surface area contributed by atoms with Crippen molar-refractivity contribution in [2.75, 3.05) is 13.7 Å². The first-order valence-corrected chi connectivity index (χ1v) is 5.43. The highest BCUT2D eigenvalue weighted by molar-refractivity contribution is 5.32. The molecule has 1 aromatic rings. The van der Waals surface area contributed by atoms with Gasteiger partial charge in [-0.05, 0) is 31.5 Å². The van der Waals surface area contributed by atoms with E-state index in [1.54, 1.807) is 7.11 Å². The summed E-state index contributed by atoms with van der Waals surface area (Å²) in [7, 11) is 1.71. The van der Waals surface area contributed by atoms with E-state index < -0.39 is 0 Å². The molecule has 1 rings (SSSR count). The lowest BCUT2D eigenvalue weighted by Crippen LogP contribution is -2.28. The highest BCUT2D eigenvalue weighted by atomic mass is 16.5. The summed E-state index contributed by atoms with van der Waals surface area (Å²) in [5, 5.41) is 12.1. The number of nitrogens with zero attached hydrogens (tertiary/aromatic N) is 1. The molecule has 3 nitrogen and oxygen atoms in total. The Labute approximate surface area is 97.0 Å². The third kappa shape index (κ3) is 3.65. The van der Waals surface area contributed by atoms with E-state index in [-0.39, 0.29) is 12.1 Å². The zero-order chi connectivity index (χ0) is 12.0. The summed E-state index contributed by atoms with van der Waals surface area (Å²) in [4.78, 5) is 0. The van der Waals surface area contributed by atoms with Crippen LogP contribution in [-0.4, -0.2) is 19.8 Å². The molecule has 0 aliphatic rings. The molecule has 0 aliphatic carbocycles. The molecule has 0 aliphatic heterocycles. The van der Waals surface area contributed by atoms with Crippen molar-refractivity contribution in [3.05, 3.63) is 35.4 Å². The molecule has 0 bridgehead atoms. The van der Waals surface area contributed by atoms with Crippen molar-refractivity contribution >= 4 is 0 Å². The first kappa shape index (κ1) is 12.7. The second kappa shape index (κ2) is 6.26. The fraction of sp³-hybridized carbons (Fsp3) is 0.462. The SMILES string of the molecule is CO[C@H](C)CN[C@H](C)c1ccc(C#N)cc1. The Morgan fingerprint density at radius 1 is 1.31 bits per heavy atom. The molecular formula is C13H18N2O. The molecule has 0 radical (unpaired) electrons. The summed E-state index contributed by atoms with van der Waals surface area (Å²) in [6, 6.07) is 10.0. The number of benzene rings is 1. The van der Waals surface area contributed by atoms with E-state index in [1.165, 1.54) is 5.56 Å². The van der Waals surface area contributed by atoms with Gasteiger partial charge in [-0.15, -0.1) is 0 Å². The maximum atomic E-state index is 8.69. The number of methoxy groups -OCH3 is 1. The minimum atomic E-state index is 0.209. The molecular weight excluding hydrogens is 200 g/mol. The topological polar surface area (TPSA) is 45.0 Å². The van der Waals surface area contributed by atoms with Gasteiger partial charge in [-0.1, -0.05) is 12.1 Å². The number of nitrogens with one attached hydrogen (secondary N) is 1. The van der Waals surface area contributed by atoms with Crippen LogP contribution in [-0.2, 0) is 4.74 Å². The van der Waals surface area contributed by atoms with Crippen LogP contribution in [0.3, 0.4) is 0 Å². The Bertz CT molecular complexity index is 353. The van der Waals surface area contributed by atoms with Crippen LogP contribution in [0.2, 0.25) is 0 Å². The van der Waals surface area contributed by atoms with Crippen LogP contribution >= 0.6 is 0 Å². The molecule has 0 amide bonds. The average molecular weight is 218 g/mol. The minimum absolute atomic E-state index is 0.209. The minimum Gasteiger partial charge on any atom is -0.380 e. The lowest BCUT2D eigenvalue weighted by molar-refractivity contribution is 0.115. The maximum absolute atomic E-state index is 8.69. The number of rotatable bonds is 5. The van der Waals surface area contributed by atoms with Gasteiger partial charge < -0.3 is 10.1 Å². The zero-order valence-electron chi connectivity index (χ0n) is 10.0. The number of ether oxygens (including phenoxy) is 1. The van der Waals surface area contributed by atoms with Crippen molar-refractivity contribution in [1.29, 1.82) is 5.26 Å². The summed E-state index contributed by atoms with van der Waals surface area (Å²) in [5.74, 6) is 0. The van der Waals surface area contributed by atoms with Gasteiger partial charge in [0, 0.05) is 19.7 Å². The van der Waals surface area contributed by atoms with E-state index in [2.05, 4.69) is 18.3 Å². The van der Waals surface area contributed by atoms with Gasteiger partial charge in [0.1, 0.15) is 0 Å². The summed E-state index contributed by atoms with van der Waals surface area (Å²) >= 11 is 0. The van der Waals surface area contributed by atoms with Crippen LogP contribution < -0.4 is 5.32 Å². The zero-order valence-corrected chi connectivity index (χ0v) is 10.0. The lowest BCUT2D eigenvalue weighted by Gasteiger charge is -2.17. The van der Waals surface area contributed by atoms with E-state index >= 15 is 0 Å². The van der Waals surface area contributed by atoms with Crippen molar-refractivity contribution in [3.63, 3.8) is 0 Å². The van der Waals surface area contributed by atoms with E-state index in [0.717, 1.165) is 6.54 Å². The molecule has 0 heterocycles. The molecule has 16 heavy (non-hydrogen) atoms. The Kier molecular flexibility index (Phi) is 4.97. The van der Waals surface area contributed by atoms with Gasteiger partial charge in [-0.25, -0.2) is 0 Å². The van der Waals surface area contributed by atoms with Crippen LogP contribution in [0.25, 0.3) is 0 Å². The lowest BCUT2D eigenvalue weighted by atomic mass is 10.1. The molecule has 0 saturated heterocycles. The molecule has 2 atom stereocenters. The monoisotopic (exact) mass is 218 g/mol. The Morgan fingerprint density at radius 3 is 2.44 bits per heavy atom. The van der Waals surface area contributed by atoms with Crippen LogP contribution in [0, 0.1) is 11.3 Å². The first-order chi connectivity index (χ1) is 7.67. The van der Waals surface area contributed by atoms with Crippen molar-refractivity contribution in [2.24, 2.45) is 0 Å². The summed E-state index contributed by atoms with van der Waals surface area (Å²) in [5.41, 5.74) is 1.88.